The normalized spacial score (nSPS) is 13.7. The summed E-state index contributed by atoms with van der Waals surface area (Å²) in [4.78, 5) is 4.42. The molecule has 3 aromatic rings. The quantitative estimate of drug-likeness (QED) is 0.669. The van der Waals surface area contributed by atoms with Crippen molar-refractivity contribution in [1.29, 1.82) is 0 Å². The summed E-state index contributed by atoms with van der Waals surface area (Å²) in [6.07, 6.45) is 0. The molecule has 0 radical (unpaired) electrons. The van der Waals surface area contributed by atoms with Crippen LogP contribution >= 0.6 is 22.9 Å². The summed E-state index contributed by atoms with van der Waals surface area (Å²) in [6.45, 7) is 1.99. The van der Waals surface area contributed by atoms with E-state index >= 15 is 0 Å². The fourth-order valence-electron chi connectivity index (χ4n) is 2.39. The number of rotatable bonds is 4. The number of aliphatic hydroxyl groups is 1. The highest BCUT2D eigenvalue weighted by Crippen LogP contribution is 2.36. The molecule has 1 N–H and O–H groups in total. The molecular formula is C18H14ClF2NOS. The Bertz CT molecular complexity index is 866. The van der Waals surface area contributed by atoms with E-state index in [-0.39, 0.29) is 16.5 Å². The molecule has 6 heteroatoms. The van der Waals surface area contributed by atoms with Crippen LogP contribution in [0.1, 0.15) is 16.1 Å². The number of alkyl halides is 1. The van der Waals surface area contributed by atoms with E-state index < -0.39 is 17.2 Å². The van der Waals surface area contributed by atoms with Gasteiger partial charge in [-0.1, -0.05) is 29.8 Å². The zero-order valence-corrected chi connectivity index (χ0v) is 14.3. The van der Waals surface area contributed by atoms with Gasteiger partial charge in [0.05, 0.1) is 11.6 Å². The van der Waals surface area contributed by atoms with Gasteiger partial charge in [-0.2, -0.15) is 0 Å². The SMILES string of the molecule is Cc1ccc(-c2csc(C(O)(CCl)c3ccc(F)cc3F)n2)cc1. The smallest absolute Gasteiger partial charge is 0.157 e. The molecule has 1 unspecified atom stereocenters. The molecule has 0 saturated carbocycles. The molecule has 2 aromatic carbocycles. The molecule has 0 amide bonds. The van der Waals surface area contributed by atoms with Gasteiger partial charge in [-0.25, -0.2) is 13.8 Å². The fourth-order valence-corrected chi connectivity index (χ4v) is 3.68. The van der Waals surface area contributed by atoms with Crippen LogP contribution in [0, 0.1) is 18.6 Å². The number of halogens is 3. The summed E-state index contributed by atoms with van der Waals surface area (Å²) in [5.41, 5.74) is 0.775. The van der Waals surface area contributed by atoms with E-state index in [1.165, 1.54) is 17.4 Å². The third-order valence-electron chi connectivity index (χ3n) is 3.78. The first-order valence-electron chi connectivity index (χ1n) is 7.21. The van der Waals surface area contributed by atoms with Gasteiger partial charge in [0.25, 0.3) is 0 Å². The van der Waals surface area contributed by atoms with E-state index in [2.05, 4.69) is 4.98 Å². The second kappa shape index (κ2) is 6.59. The Morgan fingerprint density at radius 3 is 2.50 bits per heavy atom. The lowest BCUT2D eigenvalue weighted by Gasteiger charge is -2.24. The van der Waals surface area contributed by atoms with Gasteiger partial charge in [-0.3, -0.25) is 0 Å². The second-order valence-electron chi connectivity index (χ2n) is 5.52. The molecule has 1 atom stereocenters. The molecule has 0 fully saturated rings. The highest BCUT2D eigenvalue weighted by atomic mass is 35.5. The maximum absolute atomic E-state index is 14.1. The Morgan fingerprint density at radius 2 is 1.88 bits per heavy atom. The first kappa shape index (κ1) is 17.0. The van der Waals surface area contributed by atoms with Gasteiger partial charge in [-0.15, -0.1) is 22.9 Å². The van der Waals surface area contributed by atoms with Crippen LogP contribution in [0.5, 0.6) is 0 Å². The first-order chi connectivity index (χ1) is 11.4. The minimum absolute atomic E-state index is 0.0938. The van der Waals surface area contributed by atoms with E-state index in [9.17, 15) is 13.9 Å². The van der Waals surface area contributed by atoms with E-state index in [0.29, 0.717) is 5.69 Å². The zero-order chi connectivity index (χ0) is 17.3. The number of hydrogen-bond donors (Lipinski definition) is 1. The summed E-state index contributed by atoms with van der Waals surface area (Å²) in [6, 6.07) is 10.8. The van der Waals surface area contributed by atoms with Crippen molar-refractivity contribution in [2.24, 2.45) is 0 Å². The summed E-state index contributed by atoms with van der Waals surface area (Å²) in [7, 11) is 0. The van der Waals surface area contributed by atoms with Gasteiger partial charge in [0.15, 0.2) is 5.60 Å². The van der Waals surface area contributed by atoms with Crippen molar-refractivity contribution in [2.75, 3.05) is 5.88 Å². The largest absolute Gasteiger partial charge is 0.376 e. The summed E-state index contributed by atoms with van der Waals surface area (Å²) in [5.74, 6) is -1.87. The molecule has 0 aliphatic heterocycles. The predicted octanol–water partition coefficient (Wildman–Crippen LogP) is 4.87. The van der Waals surface area contributed by atoms with Crippen LogP contribution in [-0.4, -0.2) is 16.0 Å². The molecule has 0 saturated heterocycles. The van der Waals surface area contributed by atoms with Gasteiger partial charge in [0.1, 0.15) is 16.6 Å². The van der Waals surface area contributed by atoms with Crippen LogP contribution < -0.4 is 0 Å². The molecule has 0 aliphatic carbocycles. The van der Waals surface area contributed by atoms with Crippen LogP contribution in [0.3, 0.4) is 0 Å². The van der Waals surface area contributed by atoms with Crippen LogP contribution in [0.4, 0.5) is 8.78 Å². The van der Waals surface area contributed by atoms with Crippen molar-refractivity contribution in [2.45, 2.75) is 12.5 Å². The Morgan fingerprint density at radius 1 is 1.17 bits per heavy atom. The molecule has 2 nitrogen and oxygen atoms in total. The molecular weight excluding hydrogens is 352 g/mol. The molecule has 1 heterocycles. The minimum atomic E-state index is -1.81. The van der Waals surface area contributed by atoms with Crippen LogP contribution in [-0.2, 0) is 5.60 Å². The van der Waals surface area contributed by atoms with Crippen LogP contribution in [0.25, 0.3) is 11.3 Å². The van der Waals surface area contributed by atoms with Gasteiger partial charge < -0.3 is 5.11 Å². The van der Waals surface area contributed by atoms with Crippen molar-refractivity contribution in [3.8, 4) is 11.3 Å². The van der Waals surface area contributed by atoms with Gasteiger partial charge >= 0.3 is 0 Å². The van der Waals surface area contributed by atoms with Crippen LogP contribution in [0.2, 0.25) is 0 Å². The summed E-state index contributed by atoms with van der Waals surface area (Å²) in [5, 5.41) is 12.9. The standard InChI is InChI=1S/C18H14ClF2NOS/c1-11-2-4-12(5-3-11)16-9-24-17(22-16)18(23,10-19)14-7-6-13(20)8-15(14)21/h2-9,23H,10H2,1H3. The van der Waals surface area contributed by atoms with Gasteiger partial charge in [0, 0.05) is 22.6 Å². The third kappa shape index (κ3) is 3.07. The Labute approximate surface area is 147 Å². The highest BCUT2D eigenvalue weighted by Gasteiger charge is 2.36. The maximum Gasteiger partial charge on any atom is 0.157 e. The number of aryl methyl sites for hydroxylation is 1. The number of benzene rings is 2. The van der Waals surface area contributed by atoms with Gasteiger partial charge in [-0.05, 0) is 19.1 Å². The van der Waals surface area contributed by atoms with E-state index in [0.717, 1.165) is 23.3 Å². The second-order valence-corrected chi connectivity index (χ2v) is 6.65. The molecule has 0 spiro atoms. The first-order valence-corrected chi connectivity index (χ1v) is 8.62. The molecule has 1 aromatic heterocycles. The lowest BCUT2D eigenvalue weighted by molar-refractivity contribution is 0.101. The van der Waals surface area contributed by atoms with E-state index in [1.807, 2.05) is 31.2 Å². The highest BCUT2D eigenvalue weighted by molar-refractivity contribution is 7.10. The van der Waals surface area contributed by atoms with E-state index in [1.54, 1.807) is 5.38 Å². The summed E-state index contributed by atoms with van der Waals surface area (Å²) >= 11 is 7.10. The van der Waals surface area contributed by atoms with Crippen molar-refractivity contribution < 1.29 is 13.9 Å². The molecule has 24 heavy (non-hydrogen) atoms. The Kier molecular flexibility index (Phi) is 4.67. The number of aromatic nitrogens is 1. The van der Waals surface area contributed by atoms with Crippen molar-refractivity contribution in [3.63, 3.8) is 0 Å². The third-order valence-corrected chi connectivity index (χ3v) is 5.16. The monoisotopic (exact) mass is 365 g/mol. The Hall–Kier alpha value is -1.82. The molecule has 0 aliphatic rings. The van der Waals surface area contributed by atoms with E-state index in [4.69, 9.17) is 11.6 Å². The number of hydrogen-bond acceptors (Lipinski definition) is 3. The van der Waals surface area contributed by atoms with Gasteiger partial charge in [0.2, 0.25) is 0 Å². The molecule has 0 bridgehead atoms. The predicted molar refractivity (Wildman–Crippen MR) is 92.4 cm³/mol. The lowest BCUT2D eigenvalue weighted by atomic mass is 9.96. The minimum Gasteiger partial charge on any atom is -0.376 e. The number of nitrogens with zero attached hydrogens (tertiary/aromatic N) is 1. The Balaban J connectivity index is 2.04. The fraction of sp³-hybridized carbons (Fsp3) is 0.167. The summed E-state index contributed by atoms with van der Waals surface area (Å²) < 4.78 is 27.2. The average molecular weight is 366 g/mol. The molecule has 3 rings (SSSR count). The molecule has 124 valence electrons. The zero-order valence-electron chi connectivity index (χ0n) is 12.8. The topological polar surface area (TPSA) is 33.1 Å². The lowest BCUT2D eigenvalue weighted by Crippen LogP contribution is -2.30. The van der Waals surface area contributed by atoms with Crippen LogP contribution in [0.15, 0.2) is 47.8 Å². The van der Waals surface area contributed by atoms with Crippen molar-refractivity contribution >= 4 is 22.9 Å². The van der Waals surface area contributed by atoms with Crippen molar-refractivity contribution in [1.82, 2.24) is 4.98 Å². The van der Waals surface area contributed by atoms with Crippen molar-refractivity contribution in [3.05, 3.63) is 75.6 Å². The maximum atomic E-state index is 14.1. The average Bonchev–Trinajstić information content (AvgIpc) is 3.05. The number of thiazole rings is 1.